The van der Waals surface area contributed by atoms with Gasteiger partial charge >= 0.3 is 0 Å². The molecule has 0 aromatic heterocycles. The van der Waals surface area contributed by atoms with Gasteiger partial charge in [0.25, 0.3) is 7.63 Å². The first-order chi connectivity index (χ1) is 4.96. The molecule has 0 radical (unpaired) electrons. The van der Waals surface area contributed by atoms with E-state index in [4.69, 9.17) is 15.5 Å². The zero-order chi connectivity index (χ0) is 10.2. The molecule has 0 aliphatic carbocycles. The summed E-state index contributed by atoms with van der Waals surface area (Å²) in [6.07, 6.45) is 0. The average Bonchev–Trinajstić information content (AvgIpc) is 1.52. The maximum atomic E-state index is 9.75. The fourth-order valence-electron chi connectivity index (χ4n) is 0.732. The average molecular weight is 211 g/mol. The van der Waals surface area contributed by atoms with Gasteiger partial charge in [-0.25, -0.2) is 0 Å². The van der Waals surface area contributed by atoms with E-state index in [-0.39, 0.29) is 0 Å². The van der Waals surface area contributed by atoms with Crippen LogP contribution >= 0.6 is 11.1 Å². The quantitative estimate of drug-likeness (QED) is 0.573. The van der Waals surface area contributed by atoms with Gasteiger partial charge in [0.2, 0.25) is 0 Å². The van der Waals surface area contributed by atoms with Gasteiger partial charge in [0, 0.05) is 0 Å². The zero-order valence-electron chi connectivity index (χ0n) is 8.73. The van der Waals surface area contributed by atoms with Crippen LogP contribution in [0.1, 0.15) is 27.7 Å². The Kier molecular flexibility index (Phi) is 3.41. The Bertz CT molecular complexity index is 155. The standard InChI is InChI=1S/C8H19ClO2Si/c1-7(2,10)8(3,4)11-12(5,6)9/h10H,1-6H3. The Balaban J connectivity index is 4.44. The lowest BCUT2D eigenvalue weighted by atomic mass is 9.90. The lowest BCUT2D eigenvalue weighted by Gasteiger charge is -2.40. The summed E-state index contributed by atoms with van der Waals surface area (Å²) in [6.45, 7) is 10.9. The van der Waals surface area contributed by atoms with Gasteiger partial charge < -0.3 is 9.53 Å². The molecule has 0 aliphatic rings. The number of hydrogen-bond acceptors (Lipinski definition) is 2. The molecule has 0 saturated carbocycles. The summed E-state index contributed by atoms with van der Waals surface area (Å²) in [5, 5.41) is 9.75. The first kappa shape index (κ1) is 12.4. The molecule has 0 fully saturated rings. The summed E-state index contributed by atoms with van der Waals surface area (Å²) in [4.78, 5) is 0. The van der Waals surface area contributed by atoms with Gasteiger partial charge in [0.15, 0.2) is 0 Å². The van der Waals surface area contributed by atoms with Crippen molar-refractivity contribution < 1.29 is 9.53 Å². The van der Waals surface area contributed by atoms with Crippen molar-refractivity contribution in [3.05, 3.63) is 0 Å². The monoisotopic (exact) mass is 210 g/mol. The highest BCUT2D eigenvalue weighted by Gasteiger charge is 2.40. The lowest BCUT2D eigenvalue weighted by Crippen LogP contribution is -2.51. The largest absolute Gasteiger partial charge is 0.395 e. The minimum absolute atomic E-state index is 0.593. The van der Waals surface area contributed by atoms with Crippen molar-refractivity contribution in [3.63, 3.8) is 0 Å². The summed E-state index contributed by atoms with van der Waals surface area (Å²) in [7, 11) is -2.09. The van der Waals surface area contributed by atoms with Crippen LogP contribution in [0.3, 0.4) is 0 Å². The van der Waals surface area contributed by atoms with Gasteiger partial charge in [0.1, 0.15) is 0 Å². The van der Waals surface area contributed by atoms with Crippen molar-refractivity contribution in [1.82, 2.24) is 0 Å². The van der Waals surface area contributed by atoms with E-state index in [2.05, 4.69) is 0 Å². The van der Waals surface area contributed by atoms with E-state index in [9.17, 15) is 5.11 Å². The van der Waals surface area contributed by atoms with Crippen molar-refractivity contribution in [2.75, 3.05) is 0 Å². The van der Waals surface area contributed by atoms with Gasteiger partial charge in [-0.1, -0.05) is 0 Å². The van der Waals surface area contributed by atoms with E-state index in [1.807, 2.05) is 26.9 Å². The van der Waals surface area contributed by atoms with Crippen LogP contribution < -0.4 is 0 Å². The van der Waals surface area contributed by atoms with Gasteiger partial charge in [-0.05, 0) is 40.8 Å². The van der Waals surface area contributed by atoms with Crippen LogP contribution in [-0.2, 0) is 4.43 Å². The first-order valence-corrected chi connectivity index (χ1v) is 7.99. The third kappa shape index (κ3) is 3.89. The second-order valence-electron chi connectivity index (χ2n) is 4.53. The van der Waals surface area contributed by atoms with E-state index in [1.165, 1.54) is 0 Å². The van der Waals surface area contributed by atoms with Crippen LogP contribution in [0, 0.1) is 0 Å². The van der Waals surface area contributed by atoms with Crippen LogP contribution in [0.5, 0.6) is 0 Å². The number of aliphatic hydroxyl groups is 1. The van der Waals surface area contributed by atoms with E-state index in [0.717, 1.165) is 0 Å². The maximum Gasteiger partial charge on any atom is 0.284 e. The summed E-state index contributed by atoms with van der Waals surface area (Å²) in [5.74, 6) is 0. The van der Waals surface area contributed by atoms with Gasteiger partial charge in [0.05, 0.1) is 11.2 Å². The molecule has 0 aliphatic heterocycles. The van der Waals surface area contributed by atoms with Crippen LogP contribution in [0.2, 0.25) is 13.1 Å². The van der Waals surface area contributed by atoms with E-state index in [0.29, 0.717) is 0 Å². The Hall–Kier alpha value is 0.427. The number of halogens is 1. The SMILES string of the molecule is CC(C)(O)C(C)(C)O[Si](C)(C)Cl. The van der Waals surface area contributed by atoms with Crippen LogP contribution in [0.15, 0.2) is 0 Å². The molecule has 0 amide bonds. The third-order valence-corrected chi connectivity index (χ3v) is 3.20. The molecular formula is C8H19ClO2Si. The van der Waals surface area contributed by atoms with Crippen molar-refractivity contribution in [1.29, 1.82) is 0 Å². The molecule has 0 unspecified atom stereocenters. The van der Waals surface area contributed by atoms with Gasteiger partial charge in [-0.3, -0.25) is 0 Å². The van der Waals surface area contributed by atoms with Crippen LogP contribution in [0.4, 0.5) is 0 Å². The predicted octanol–water partition coefficient (Wildman–Crippen LogP) is 2.49. The Morgan fingerprint density at radius 2 is 1.50 bits per heavy atom. The number of hydrogen-bond donors (Lipinski definition) is 1. The molecule has 0 rings (SSSR count). The van der Waals surface area contributed by atoms with Crippen LogP contribution in [0.25, 0.3) is 0 Å². The highest BCUT2D eigenvalue weighted by molar-refractivity contribution is 7.15. The molecule has 0 spiro atoms. The van der Waals surface area contributed by atoms with Gasteiger partial charge in [-0.15, -0.1) is 11.1 Å². The second-order valence-corrected chi connectivity index (χ2v) is 10.2. The van der Waals surface area contributed by atoms with E-state index < -0.39 is 18.8 Å². The third-order valence-electron chi connectivity index (χ3n) is 1.97. The smallest absolute Gasteiger partial charge is 0.284 e. The number of rotatable bonds is 3. The molecule has 12 heavy (non-hydrogen) atoms. The Labute approximate surface area is 80.7 Å². The highest BCUT2D eigenvalue weighted by atomic mass is 35.6. The minimum atomic E-state index is -2.09. The molecule has 2 nitrogen and oxygen atoms in total. The van der Waals surface area contributed by atoms with Gasteiger partial charge in [-0.2, -0.15) is 0 Å². The second kappa shape index (κ2) is 3.29. The van der Waals surface area contributed by atoms with Crippen molar-refractivity contribution in [2.45, 2.75) is 52.0 Å². The first-order valence-electron chi connectivity index (χ1n) is 4.07. The molecule has 0 bridgehead atoms. The Morgan fingerprint density at radius 3 is 1.58 bits per heavy atom. The van der Waals surface area contributed by atoms with Crippen molar-refractivity contribution >= 4 is 18.7 Å². The molecular weight excluding hydrogens is 192 g/mol. The van der Waals surface area contributed by atoms with Crippen LogP contribution in [-0.4, -0.2) is 23.9 Å². The summed E-state index contributed by atoms with van der Waals surface area (Å²) in [5.41, 5.74) is -1.46. The lowest BCUT2D eigenvalue weighted by molar-refractivity contribution is -0.0938. The fraction of sp³-hybridized carbons (Fsp3) is 1.00. The zero-order valence-corrected chi connectivity index (χ0v) is 10.5. The molecule has 4 heteroatoms. The molecule has 0 saturated heterocycles. The summed E-state index contributed by atoms with van der Waals surface area (Å²) >= 11 is 6.03. The summed E-state index contributed by atoms with van der Waals surface area (Å²) in [6, 6.07) is 0. The fourth-order valence-corrected chi connectivity index (χ4v) is 2.77. The molecule has 1 N–H and O–H groups in total. The van der Waals surface area contributed by atoms with Crippen molar-refractivity contribution in [2.24, 2.45) is 0 Å². The minimum Gasteiger partial charge on any atom is -0.395 e. The predicted molar refractivity (Wildman–Crippen MR) is 54.8 cm³/mol. The highest BCUT2D eigenvalue weighted by Crippen LogP contribution is 2.29. The molecule has 74 valence electrons. The normalized spacial score (nSPS) is 15.0. The van der Waals surface area contributed by atoms with E-state index in [1.54, 1.807) is 13.8 Å². The molecule has 0 heterocycles. The topological polar surface area (TPSA) is 29.5 Å². The summed E-state index contributed by atoms with van der Waals surface area (Å²) < 4.78 is 5.64. The molecule has 0 aromatic rings. The van der Waals surface area contributed by atoms with E-state index >= 15 is 0 Å². The molecule has 0 aromatic carbocycles. The molecule has 0 atom stereocenters. The maximum absolute atomic E-state index is 9.75. The van der Waals surface area contributed by atoms with Crippen molar-refractivity contribution in [3.8, 4) is 0 Å². The Morgan fingerprint density at radius 1 is 1.17 bits per heavy atom.